The van der Waals surface area contributed by atoms with E-state index in [0.717, 1.165) is 29.8 Å². The van der Waals surface area contributed by atoms with Crippen LogP contribution >= 0.6 is 11.6 Å². The molecule has 0 fully saturated rings. The molecule has 0 aliphatic carbocycles. The molecule has 0 amide bonds. The summed E-state index contributed by atoms with van der Waals surface area (Å²) in [6, 6.07) is 3.50. The number of hydrogen-bond acceptors (Lipinski definition) is 3. The molecule has 18 heavy (non-hydrogen) atoms. The molecular formula is C14H19ClN2O. The molecule has 0 unspecified atom stereocenters. The van der Waals surface area contributed by atoms with Crippen LogP contribution in [0.1, 0.15) is 44.9 Å². The van der Waals surface area contributed by atoms with Crippen molar-refractivity contribution in [3.05, 3.63) is 23.0 Å². The number of aryl methyl sites for hydroxylation is 1. The molecule has 98 valence electrons. The molecule has 1 aromatic heterocycles. The van der Waals surface area contributed by atoms with Gasteiger partial charge in [-0.2, -0.15) is 0 Å². The summed E-state index contributed by atoms with van der Waals surface area (Å²) < 4.78 is 5.66. The second-order valence-electron chi connectivity index (χ2n) is 4.61. The molecule has 0 aliphatic heterocycles. The first-order valence-corrected chi connectivity index (χ1v) is 6.93. The summed E-state index contributed by atoms with van der Waals surface area (Å²) in [4.78, 5) is 4.43. The van der Waals surface area contributed by atoms with Gasteiger partial charge in [0.2, 0.25) is 0 Å². The lowest BCUT2D eigenvalue weighted by molar-refractivity contribution is 0.507. The summed E-state index contributed by atoms with van der Waals surface area (Å²) in [5.74, 6) is 0.781. The predicted molar refractivity (Wildman–Crippen MR) is 75.9 cm³/mol. The Balaban J connectivity index is 1.97. The maximum atomic E-state index is 5.95. The Kier molecular flexibility index (Phi) is 4.48. The van der Waals surface area contributed by atoms with Crippen LogP contribution in [0.25, 0.3) is 11.1 Å². The van der Waals surface area contributed by atoms with E-state index in [0.29, 0.717) is 10.7 Å². The predicted octanol–water partition coefficient (Wildman–Crippen LogP) is 4.58. The van der Waals surface area contributed by atoms with Crippen LogP contribution in [0.2, 0.25) is 5.02 Å². The van der Waals surface area contributed by atoms with Crippen LogP contribution < -0.4 is 5.73 Å². The van der Waals surface area contributed by atoms with Gasteiger partial charge in [0.15, 0.2) is 11.5 Å². The fraction of sp³-hybridized carbons (Fsp3) is 0.500. The molecule has 0 atom stereocenters. The van der Waals surface area contributed by atoms with E-state index in [1.165, 1.54) is 25.7 Å². The Bertz CT molecular complexity index is 483. The third kappa shape index (κ3) is 3.16. The number of aromatic nitrogens is 1. The average Bonchev–Trinajstić information content (AvgIpc) is 2.71. The van der Waals surface area contributed by atoms with E-state index in [4.69, 9.17) is 21.8 Å². The molecule has 2 rings (SSSR count). The molecule has 0 spiro atoms. The molecule has 4 heteroatoms. The van der Waals surface area contributed by atoms with Crippen molar-refractivity contribution < 1.29 is 4.42 Å². The summed E-state index contributed by atoms with van der Waals surface area (Å²) >= 11 is 5.95. The first kappa shape index (κ1) is 13.2. The summed E-state index contributed by atoms with van der Waals surface area (Å²) in [6.45, 7) is 2.22. The van der Waals surface area contributed by atoms with Gasteiger partial charge in [-0.3, -0.25) is 0 Å². The van der Waals surface area contributed by atoms with Crippen LogP contribution in [0, 0.1) is 0 Å². The highest BCUT2D eigenvalue weighted by atomic mass is 35.5. The van der Waals surface area contributed by atoms with Gasteiger partial charge in [-0.15, -0.1) is 0 Å². The van der Waals surface area contributed by atoms with Gasteiger partial charge in [0.05, 0.1) is 10.7 Å². The molecular weight excluding hydrogens is 248 g/mol. The second-order valence-corrected chi connectivity index (χ2v) is 5.02. The molecule has 2 N–H and O–H groups in total. The van der Waals surface area contributed by atoms with Gasteiger partial charge in [0.1, 0.15) is 5.52 Å². The van der Waals surface area contributed by atoms with Gasteiger partial charge in [-0.25, -0.2) is 4.98 Å². The van der Waals surface area contributed by atoms with Crippen LogP contribution in [0.5, 0.6) is 0 Å². The molecule has 1 aromatic carbocycles. The zero-order valence-electron chi connectivity index (χ0n) is 10.7. The summed E-state index contributed by atoms with van der Waals surface area (Å²) in [5, 5.41) is 0.533. The Morgan fingerprint density at radius 3 is 2.78 bits per heavy atom. The smallest absolute Gasteiger partial charge is 0.195 e. The minimum Gasteiger partial charge on any atom is -0.441 e. The van der Waals surface area contributed by atoms with Gasteiger partial charge < -0.3 is 10.2 Å². The van der Waals surface area contributed by atoms with E-state index >= 15 is 0 Å². The minimum absolute atomic E-state index is 0.533. The summed E-state index contributed by atoms with van der Waals surface area (Å²) in [5.41, 5.74) is 7.78. The van der Waals surface area contributed by atoms with E-state index in [1.54, 1.807) is 12.1 Å². The summed E-state index contributed by atoms with van der Waals surface area (Å²) in [7, 11) is 0. The van der Waals surface area contributed by atoms with Crippen molar-refractivity contribution in [3.63, 3.8) is 0 Å². The summed E-state index contributed by atoms with van der Waals surface area (Å²) in [6.07, 6.45) is 7.09. The zero-order valence-corrected chi connectivity index (χ0v) is 11.5. The molecule has 0 aliphatic rings. The van der Waals surface area contributed by atoms with Gasteiger partial charge in [0, 0.05) is 12.5 Å². The van der Waals surface area contributed by atoms with Crippen molar-refractivity contribution in [2.45, 2.75) is 45.4 Å². The lowest BCUT2D eigenvalue weighted by atomic mass is 10.1. The number of hydrogen-bond donors (Lipinski definition) is 1. The zero-order chi connectivity index (χ0) is 13.0. The van der Waals surface area contributed by atoms with Crippen LogP contribution in [-0.4, -0.2) is 4.98 Å². The lowest BCUT2D eigenvalue weighted by Crippen LogP contribution is -1.86. The van der Waals surface area contributed by atoms with Crippen molar-refractivity contribution >= 4 is 28.4 Å². The first-order chi connectivity index (χ1) is 8.70. The number of benzene rings is 1. The molecule has 0 saturated heterocycles. The topological polar surface area (TPSA) is 52.0 Å². The van der Waals surface area contributed by atoms with E-state index in [1.807, 2.05) is 0 Å². The highest BCUT2D eigenvalue weighted by Gasteiger charge is 2.08. The number of nitrogen functional groups attached to an aromatic ring is 1. The molecule has 3 nitrogen and oxygen atoms in total. The standard InChI is InChI=1S/C14H19ClN2O/c1-2-3-4-5-6-7-14-17-12-8-10(15)11(16)9-13(12)18-14/h8-9H,2-7,16H2,1H3. The number of anilines is 1. The largest absolute Gasteiger partial charge is 0.441 e. The van der Waals surface area contributed by atoms with Gasteiger partial charge >= 0.3 is 0 Å². The van der Waals surface area contributed by atoms with E-state index in [2.05, 4.69) is 11.9 Å². The molecule has 1 heterocycles. The van der Waals surface area contributed by atoms with Crippen molar-refractivity contribution in [2.75, 3.05) is 5.73 Å². The van der Waals surface area contributed by atoms with Crippen LogP contribution in [0.4, 0.5) is 5.69 Å². The monoisotopic (exact) mass is 266 g/mol. The maximum Gasteiger partial charge on any atom is 0.195 e. The Labute approximate surface area is 112 Å². The maximum absolute atomic E-state index is 5.95. The Hall–Kier alpha value is -1.22. The minimum atomic E-state index is 0.533. The second kappa shape index (κ2) is 6.10. The van der Waals surface area contributed by atoms with Crippen molar-refractivity contribution in [2.24, 2.45) is 0 Å². The van der Waals surface area contributed by atoms with Crippen LogP contribution in [0.15, 0.2) is 16.5 Å². The van der Waals surface area contributed by atoms with E-state index in [9.17, 15) is 0 Å². The van der Waals surface area contributed by atoms with Gasteiger partial charge in [0.25, 0.3) is 0 Å². The van der Waals surface area contributed by atoms with Crippen molar-refractivity contribution in [3.8, 4) is 0 Å². The molecule has 2 aromatic rings. The molecule has 0 saturated carbocycles. The number of nitrogens with two attached hydrogens (primary N) is 1. The van der Waals surface area contributed by atoms with E-state index < -0.39 is 0 Å². The fourth-order valence-electron chi connectivity index (χ4n) is 2.00. The third-order valence-corrected chi connectivity index (χ3v) is 3.37. The average molecular weight is 267 g/mol. The van der Waals surface area contributed by atoms with Gasteiger partial charge in [-0.1, -0.05) is 44.2 Å². The van der Waals surface area contributed by atoms with Crippen molar-refractivity contribution in [1.82, 2.24) is 4.98 Å². The highest BCUT2D eigenvalue weighted by molar-refractivity contribution is 6.33. The number of fused-ring (bicyclic) bond motifs is 1. The van der Waals surface area contributed by atoms with Crippen molar-refractivity contribution in [1.29, 1.82) is 0 Å². The van der Waals surface area contributed by atoms with Crippen LogP contribution in [-0.2, 0) is 6.42 Å². The quantitative estimate of drug-likeness (QED) is 0.615. The normalized spacial score (nSPS) is 11.2. The third-order valence-electron chi connectivity index (χ3n) is 3.05. The first-order valence-electron chi connectivity index (χ1n) is 6.55. The highest BCUT2D eigenvalue weighted by Crippen LogP contribution is 2.26. The number of oxazole rings is 1. The molecule has 0 bridgehead atoms. The number of unbranched alkanes of at least 4 members (excludes halogenated alkanes) is 4. The van der Waals surface area contributed by atoms with E-state index in [-0.39, 0.29) is 0 Å². The fourth-order valence-corrected chi connectivity index (χ4v) is 2.16. The number of nitrogens with zero attached hydrogens (tertiary/aromatic N) is 1. The number of rotatable bonds is 6. The number of halogens is 1. The SMILES string of the molecule is CCCCCCCc1nc2cc(Cl)c(N)cc2o1. The van der Waals surface area contributed by atoms with Crippen LogP contribution in [0.3, 0.4) is 0 Å². The molecule has 0 radical (unpaired) electrons. The Morgan fingerprint density at radius 1 is 1.22 bits per heavy atom. The Morgan fingerprint density at radius 2 is 2.00 bits per heavy atom. The lowest BCUT2D eigenvalue weighted by Gasteiger charge is -1.96. The van der Waals surface area contributed by atoms with Gasteiger partial charge in [-0.05, 0) is 12.5 Å².